The zero-order chi connectivity index (χ0) is 30.4. The van der Waals surface area contributed by atoms with Crippen molar-refractivity contribution in [1.29, 1.82) is 0 Å². The van der Waals surface area contributed by atoms with Gasteiger partial charge >= 0.3 is 6.09 Å². The number of aryl methyl sites for hydroxylation is 1. The Morgan fingerprint density at radius 1 is 0.977 bits per heavy atom. The molecule has 1 spiro atoms. The number of benzene rings is 2. The van der Waals surface area contributed by atoms with Crippen LogP contribution in [0.3, 0.4) is 0 Å². The lowest BCUT2D eigenvalue weighted by molar-refractivity contribution is -0.136. The molecule has 2 aromatic carbocycles. The SMILES string of the molecule is COC(=O)N1CC2(C1)N=C(c1ccc(-c3ccc(-c4cnn(C)c4)cc3)cc1)N(C[C@@H]1CCN(C(=O)c3nccs3)C1)C2=O. The molecule has 2 fully saturated rings. The van der Waals surface area contributed by atoms with E-state index in [1.165, 1.54) is 23.3 Å². The number of ether oxygens (including phenoxy) is 1. The van der Waals surface area contributed by atoms with Crippen LogP contribution in [0.2, 0.25) is 0 Å². The molecule has 0 saturated carbocycles. The molecule has 4 aromatic rings. The van der Waals surface area contributed by atoms with E-state index in [2.05, 4.69) is 34.3 Å². The Bertz CT molecular complexity index is 1740. The summed E-state index contributed by atoms with van der Waals surface area (Å²) < 4.78 is 6.64. The predicted octanol–water partition coefficient (Wildman–Crippen LogP) is 3.78. The monoisotopic (exact) mass is 609 g/mol. The summed E-state index contributed by atoms with van der Waals surface area (Å²) in [5.74, 6) is 0.505. The summed E-state index contributed by atoms with van der Waals surface area (Å²) in [5.41, 5.74) is 4.09. The second kappa shape index (κ2) is 11.0. The molecule has 11 nitrogen and oxygen atoms in total. The van der Waals surface area contributed by atoms with Gasteiger partial charge in [0.15, 0.2) is 10.5 Å². The van der Waals surface area contributed by atoms with Crippen molar-refractivity contribution < 1.29 is 19.1 Å². The molecular weight excluding hydrogens is 578 g/mol. The van der Waals surface area contributed by atoms with Gasteiger partial charge in [-0.2, -0.15) is 5.10 Å². The number of aromatic nitrogens is 3. The highest BCUT2D eigenvalue weighted by atomic mass is 32.1. The van der Waals surface area contributed by atoms with Gasteiger partial charge < -0.3 is 14.5 Å². The number of aliphatic imine (C=N–C) groups is 1. The van der Waals surface area contributed by atoms with E-state index in [1.807, 2.05) is 48.6 Å². The lowest BCUT2D eigenvalue weighted by Gasteiger charge is -2.43. The minimum atomic E-state index is -1.01. The third kappa shape index (κ3) is 4.94. The van der Waals surface area contributed by atoms with E-state index in [1.54, 1.807) is 21.2 Å². The number of amidine groups is 1. The molecule has 12 heteroatoms. The van der Waals surface area contributed by atoms with Crippen molar-refractivity contribution >= 4 is 35.1 Å². The average Bonchev–Trinajstić information content (AvgIpc) is 3.85. The fourth-order valence-electron chi connectivity index (χ4n) is 6.22. The van der Waals surface area contributed by atoms with E-state index in [0.717, 1.165) is 34.2 Å². The molecule has 224 valence electrons. The Hall–Kier alpha value is -4.84. The predicted molar refractivity (Wildman–Crippen MR) is 165 cm³/mol. The summed E-state index contributed by atoms with van der Waals surface area (Å²) in [4.78, 5) is 53.1. The Labute approximate surface area is 258 Å². The fraction of sp³-hybridized carbons (Fsp3) is 0.312. The average molecular weight is 610 g/mol. The fourth-order valence-corrected chi connectivity index (χ4v) is 6.83. The summed E-state index contributed by atoms with van der Waals surface area (Å²) in [6, 6.07) is 16.4. The number of thiazole rings is 1. The minimum absolute atomic E-state index is 0.0719. The summed E-state index contributed by atoms with van der Waals surface area (Å²) in [6.45, 7) is 1.97. The molecular formula is C32H31N7O4S. The smallest absolute Gasteiger partial charge is 0.409 e. The highest BCUT2D eigenvalue weighted by molar-refractivity contribution is 7.11. The molecule has 0 aliphatic carbocycles. The molecule has 44 heavy (non-hydrogen) atoms. The number of rotatable bonds is 6. The lowest BCUT2D eigenvalue weighted by atomic mass is 9.90. The van der Waals surface area contributed by atoms with Crippen LogP contribution in [0.4, 0.5) is 4.79 Å². The van der Waals surface area contributed by atoms with Crippen LogP contribution in [0.5, 0.6) is 0 Å². The number of amides is 3. The van der Waals surface area contributed by atoms with Gasteiger partial charge in [0.05, 0.1) is 26.4 Å². The first-order valence-electron chi connectivity index (χ1n) is 14.5. The topological polar surface area (TPSA) is 113 Å². The molecule has 0 unspecified atom stereocenters. The van der Waals surface area contributed by atoms with Gasteiger partial charge in [-0.1, -0.05) is 48.5 Å². The van der Waals surface area contributed by atoms with Crippen LogP contribution in [0, 0.1) is 5.92 Å². The molecule has 7 rings (SSSR count). The molecule has 5 heterocycles. The van der Waals surface area contributed by atoms with E-state index in [9.17, 15) is 14.4 Å². The standard InChI is InChI=1S/C32H31N7O4S/c1-36-18-26(15-34-36)24-5-3-22(4-6-24)23-7-9-25(10-8-23)27-35-32(19-38(20-32)31(42)43-2)30(41)39(27)17-21-11-13-37(16-21)29(40)28-33-12-14-44-28/h3-10,12,14-15,18,21H,11,13,16-17,19-20H2,1-2H3/t21-/m1/s1. The van der Waals surface area contributed by atoms with Crippen molar-refractivity contribution in [3.05, 3.63) is 83.1 Å². The second-order valence-corrected chi connectivity index (χ2v) is 12.4. The van der Waals surface area contributed by atoms with Gasteiger partial charge in [-0.05, 0) is 29.0 Å². The molecule has 1 atom stereocenters. The Balaban J connectivity index is 1.11. The van der Waals surface area contributed by atoms with Crippen LogP contribution in [0.1, 0.15) is 21.8 Å². The number of nitrogens with zero attached hydrogens (tertiary/aromatic N) is 7. The molecule has 0 bridgehead atoms. The number of carbonyl (C=O) groups is 3. The van der Waals surface area contributed by atoms with Gasteiger partial charge in [0.1, 0.15) is 5.84 Å². The summed E-state index contributed by atoms with van der Waals surface area (Å²) in [5, 5.41) is 6.53. The van der Waals surface area contributed by atoms with Crippen LogP contribution < -0.4 is 0 Å². The van der Waals surface area contributed by atoms with Gasteiger partial charge in [-0.25, -0.2) is 14.8 Å². The minimum Gasteiger partial charge on any atom is -0.453 e. The highest BCUT2D eigenvalue weighted by Gasteiger charge is 2.58. The van der Waals surface area contributed by atoms with Gasteiger partial charge in [0.2, 0.25) is 0 Å². The molecule has 0 N–H and O–H groups in total. The number of likely N-dealkylation sites (tertiary alicyclic amines) is 2. The number of hydrogen-bond acceptors (Lipinski definition) is 8. The van der Waals surface area contributed by atoms with Gasteiger partial charge in [0, 0.05) is 55.6 Å². The zero-order valence-corrected chi connectivity index (χ0v) is 25.2. The maximum absolute atomic E-state index is 13.9. The van der Waals surface area contributed by atoms with Gasteiger partial charge in [-0.15, -0.1) is 11.3 Å². The van der Waals surface area contributed by atoms with Crippen molar-refractivity contribution in [2.75, 3.05) is 39.8 Å². The summed E-state index contributed by atoms with van der Waals surface area (Å²) in [7, 11) is 3.23. The Morgan fingerprint density at radius 3 is 2.23 bits per heavy atom. The van der Waals surface area contributed by atoms with Crippen molar-refractivity contribution in [2.24, 2.45) is 18.0 Å². The Kier molecular flexibility index (Phi) is 7.00. The molecule has 3 aliphatic heterocycles. The third-order valence-electron chi connectivity index (χ3n) is 8.59. The zero-order valence-electron chi connectivity index (χ0n) is 24.4. The van der Waals surface area contributed by atoms with Crippen LogP contribution in [0.15, 0.2) is 77.5 Å². The van der Waals surface area contributed by atoms with E-state index < -0.39 is 11.6 Å². The first-order valence-corrected chi connectivity index (χ1v) is 15.3. The number of hydrogen-bond donors (Lipinski definition) is 0. The van der Waals surface area contributed by atoms with Crippen LogP contribution in [-0.4, -0.2) is 98.6 Å². The molecule has 3 amide bonds. The molecule has 3 aliphatic rings. The van der Waals surface area contributed by atoms with E-state index in [0.29, 0.717) is 30.5 Å². The van der Waals surface area contributed by atoms with Crippen LogP contribution >= 0.6 is 11.3 Å². The van der Waals surface area contributed by atoms with E-state index >= 15 is 0 Å². The lowest BCUT2D eigenvalue weighted by Crippen LogP contribution is -2.66. The van der Waals surface area contributed by atoms with Crippen LogP contribution in [-0.2, 0) is 16.6 Å². The summed E-state index contributed by atoms with van der Waals surface area (Å²) >= 11 is 1.33. The Morgan fingerprint density at radius 2 is 1.64 bits per heavy atom. The van der Waals surface area contributed by atoms with E-state index in [4.69, 9.17) is 9.73 Å². The van der Waals surface area contributed by atoms with E-state index in [-0.39, 0.29) is 30.8 Å². The van der Waals surface area contributed by atoms with Gasteiger partial charge in [0.25, 0.3) is 11.8 Å². The third-order valence-corrected chi connectivity index (χ3v) is 9.35. The molecule has 2 saturated heterocycles. The quantitative estimate of drug-likeness (QED) is 0.329. The normalized spacial score (nSPS) is 19.0. The van der Waals surface area contributed by atoms with Crippen molar-refractivity contribution in [1.82, 2.24) is 29.5 Å². The second-order valence-electron chi connectivity index (χ2n) is 11.5. The maximum Gasteiger partial charge on any atom is 0.409 e. The first-order chi connectivity index (χ1) is 21.3. The first kappa shape index (κ1) is 28.0. The number of carbonyl (C=O) groups excluding carboxylic acids is 3. The van der Waals surface area contributed by atoms with Crippen LogP contribution in [0.25, 0.3) is 22.3 Å². The number of methoxy groups -OCH3 is 1. The highest BCUT2D eigenvalue weighted by Crippen LogP contribution is 2.36. The summed E-state index contributed by atoms with van der Waals surface area (Å²) in [6.07, 6.45) is 5.78. The van der Waals surface area contributed by atoms with Crippen molar-refractivity contribution in [3.63, 3.8) is 0 Å². The van der Waals surface area contributed by atoms with Crippen molar-refractivity contribution in [2.45, 2.75) is 12.0 Å². The molecule has 2 aromatic heterocycles. The molecule has 0 radical (unpaired) electrons. The maximum atomic E-state index is 13.9. The van der Waals surface area contributed by atoms with Crippen molar-refractivity contribution in [3.8, 4) is 22.3 Å². The van der Waals surface area contributed by atoms with Gasteiger partial charge in [-0.3, -0.25) is 19.2 Å². The largest absolute Gasteiger partial charge is 0.453 e.